The second-order valence-electron chi connectivity index (χ2n) is 4.26. The number of fused-ring (bicyclic) bond motifs is 1. The number of nitrogens with one attached hydrogen (secondary N) is 1. The van der Waals surface area contributed by atoms with Gasteiger partial charge in [0.05, 0.1) is 11.3 Å². The molecule has 6 heteroatoms. The molecule has 3 nitrogen and oxygen atoms in total. The van der Waals surface area contributed by atoms with Gasteiger partial charge in [-0.1, -0.05) is 0 Å². The number of benzene rings is 1. The van der Waals surface area contributed by atoms with Crippen LogP contribution in [0.5, 0.6) is 5.75 Å². The molecule has 0 unspecified atom stereocenters. The molecule has 1 saturated carbocycles. The van der Waals surface area contributed by atoms with Gasteiger partial charge in [-0.2, -0.15) is 13.2 Å². The Balaban J connectivity index is 2.00. The van der Waals surface area contributed by atoms with Gasteiger partial charge in [0.2, 0.25) is 0 Å². The minimum Gasteiger partial charge on any atom is -0.475 e. The molecule has 1 N–H and O–H groups in total. The Hall–Kier alpha value is -1.72. The zero-order valence-electron chi connectivity index (χ0n) is 8.60. The van der Waals surface area contributed by atoms with Crippen LogP contribution in [-0.2, 0) is 11.0 Å². The third-order valence-electron chi connectivity index (χ3n) is 2.98. The van der Waals surface area contributed by atoms with Gasteiger partial charge in [0.25, 0.3) is 5.91 Å². The molecule has 1 aliphatic carbocycles. The molecule has 0 radical (unpaired) electrons. The molecule has 1 aromatic rings. The summed E-state index contributed by atoms with van der Waals surface area (Å²) in [5.41, 5.74) is -1.54. The number of rotatable bonds is 0. The van der Waals surface area contributed by atoms with Gasteiger partial charge in [-0.15, -0.1) is 0 Å². The van der Waals surface area contributed by atoms with Gasteiger partial charge in [0.1, 0.15) is 5.75 Å². The zero-order valence-corrected chi connectivity index (χ0v) is 8.60. The topological polar surface area (TPSA) is 38.3 Å². The summed E-state index contributed by atoms with van der Waals surface area (Å²) < 4.78 is 42.8. The molecule has 3 rings (SSSR count). The van der Waals surface area contributed by atoms with Crippen LogP contribution >= 0.6 is 0 Å². The Morgan fingerprint density at radius 1 is 1.29 bits per heavy atom. The molecule has 0 saturated heterocycles. The third kappa shape index (κ3) is 1.55. The summed E-state index contributed by atoms with van der Waals surface area (Å²) in [5, 5.41) is 2.46. The third-order valence-corrected chi connectivity index (χ3v) is 2.98. The Morgan fingerprint density at radius 3 is 2.59 bits per heavy atom. The Bertz CT molecular complexity index is 506. The van der Waals surface area contributed by atoms with E-state index in [4.69, 9.17) is 4.74 Å². The molecule has 1 spiro atoms. The minimum absolute atomic E-state index is 0.0855. The molecule has 1 fully saturated rings. The van der Waals surface area contributed by atoms with Crippen LogP contribution < -0.4 is 10.1 Å². The van der Waals surface area contributed by atoms with Gasteiger partial charge in [0, 0.05) is 12.8 Å². The first-order valence-corrected chi connectivity index (χ1v) is 5.12. The molecule has 0 aromatic heterocycles. The van der Waals surface area contributed by atoms with Gasteiger partial charge in [-0.25, -0.2) is 0 Å². The van der Waals surface area contributed by atoms with Crippen molar-refractivity contribution in [3.8, 4) is 5.75 Å². The van der Waals surface area contributed by atoms with Crippen molar-refractivity contribution in [2.75, 3.05) is 5.32 Å². The molecule has 0 bridgehead atoms. The summed E-state index contributed by atoms with van der Waals surface area (Å²) in [7, 11) is 0. The standard InChI is InChI=1S/C11H8F3NO2/c12-11(13,14)6-1-2-8-7(5-6)15-9(16)10(17-8)3-4-10/h1-2,5H,3-4H2,(H,15,16). The van der Waals surface area contributed by atoms with E-state index in [1.54, 1.807) is 0 Å². The predicted molar refractivity (Wildman–Crippen MR) is 52.7 cm³/mol. The highest BCUT2D eigenvalue weighted by atomic mass is 19.4. The van der Waals surface area contributed by atoms with E-state index in [1.165, 1.54) is 6.07 Å². The highest BCUT2D eigenvalue weighted by molar-refractivity contribution is 6.02. The molecule has 17 heavy (non-hydrogen) atoms. The largest absolute Gasteiger partial charge is 0.475 e. The monoisotopic (exact) mass is 243 g/mol. The average Bonchev–Trinajstić information content (AvgIpc) is 2.99. The van der Waals surface area contributed by atoms with Crippen LogP contribution in [0.1, 0.15) is 18.4 Å². The maximum absolute atomic E-state index is 12.5. The number of alkyl halides is 3. The van der Waals surface area contributed by atoms with Crippen molar-refractivity contribution in [1.82, 2.24) is 0 Å². The highest BCUT2D eigenvalue weighted by Crippen LogP contribution is 2.47. The van der Waals surface area contributed by atoms with Crippen molar-refractivity contribution in [2.24, 2.45) is 0 Å². The molecular weight excluding hydrogens is 235 g/mol. The molecule has 1 amide bonds. The number of carbonyl (C=O) groups is 1. The summed E-state index contributed by atoms with van der Waals surface area (Å²) in [6, 6.07) is 3.09. The van der Waals surface area contributed by atoms with Crippen molar-refractivity contribution in [2.45, 2.75) is 24.6 Å². The zero-order chi connectivity index (χ0) is 12.3. The summed E-state index contributed by atoms with van der Waals surface area (Å²) in [6.07, 6.45) is -3.20. The first kappa shape index (κ1) is 10.4. The van der Waals surface area contributed by atoms with Crippen LogP contribution in [0.25, 0.3) is 0 Å². The molecular formula is C11H8F3NO2. The SMILES string of the molecule is O=C1Nc2cc(C(F)(F)F)ccc2OC12CC2. The average molecular weight is 243 g/mol. The maximum atomic E-state index is 12.5. The summed E-state index contributed by atoms with van der Waals surface area (Å²) >= 11 is 0. The normalized spacial score (nSPS) is 20.5. The molecule has 1 aromatic carbocycles. The van der Waals surface area contributed by atoms with E-state index in [0.717, 1.165) is 12.1 Å². The van der Waals surface area contributed by atoms with Crippen LogP contribution in [0.4, 0.5) is 18.9 Å². The highest BCUT2D eigenvalue weighted by Gasteiger charge is 2.55. The van der Waals surface area contributed by atoms with E-state index in [0.29, 0.717) is 18.6 Å². The molecule has 0 atom stereocenters. The van der Waals surface area contributed by atoms with Gasteiger partial charge in [0.15, 0.2) is 5.60 Å². The quantitative estimate of drug-likeness (QED) is 0.760. The maximum Gasteiger partial charge on any atom is 0.416 e. The van der Waals surface area contributed by atoms with Gasteiger partial charge < -0.3 is 10.1 Å². The van der Waals surface area contributed by atoms with E-state index in [2.05, 4.69) is 5.32 Å². The first-order chi connectivity index (χ1) is 7.91. The lowest BCUT2D eigenvalue weighted by Crippen LogP contribution is -2.39. The molecule has 2 aliphatic rings. The number of anilines is 1. The predicted octanol–water partition coefficient (Wildman–Crippen LogP) is 2.57. The van der Waals surface area contributed by atoms with E-state index in [1.807, 2.05) is 0 Å². The smallest absolute Gasteiger partial charge is 0.416 e. The van der Waals surface area contributed by atoms with E-state index in [-0.39, 0.29) is 11.6 Å². The number of hydrogen-bond acceptors (Lipinski definition) is 2. The van der Waals surface area contributed by atoms with E-state index >= 15 is 0 Å². The summed E-state index contributed by atoms with van der Waals surface area (Å²) in [5.74, 6) is -0.0561. The van der Waals surface area contributed by atoms with Gasteiger partial charge in [-0.3, -0.25) is 4.79 Å². The van der Waals surface area contributed by atoms with Crippen molar-refractivity contribution in [1.29, 1.82) is 0 Å². The lowest BCUT2D eigenvalue weighted by atomic mass is 10.1. The van der Waals surface area contributed by atoms with Crippen LogP contribution in [0.2, 0.25) is 0 Å². The molecule has 1 heterocycles. The number of halogens is 3. The fraction of sp³-hybridized carbons (Fsp3) is 0.364. The van der Waals surface area contributed by atoms with Crippen LogP contribution in [0.15, 0.2) is 18.2 Å². The minimum atomic E-state index is -4.42. The van der Waals surface area contributed by atoms with Gasteiger partial charge >= 0.3 is 6.18 Å². The number of ether oxygens (including phenoxy) is 1. The Morgan fingerprint density at radius 2 is 2.00 bits per heavy atom. The lowest BCUT2D eigenvalue weighted by molar-refractivity contribution is -0.137. The Labute approximate surface area is 94.6 Å². The van der Waals surface area contributed by atoms with Crippen molar-refractivity contribution in [3.63, 3.8) is 0 Å². The fourth-order valence-corrected chi connectivity index (χ4v) is 1.83. The van der Waals surface area contributed by atoms with Crippen LogP contribution in [0, 0.1) is 0 Å². The van der Waals surface area contributed by atoms with E-state index < -0.39 is 17.3 Å². The number of amides is 1. The fourth-order valence-electron chi connectivity index (χ4n) is 1.83. The van der Waals surface area contributed by atoms with Crippen molar-refractivity contribution in [3.05, 3.63) is 23.8 Å². The van der Waals surface area contributed by atoms with Crippen molar-refractivity contribution >= 4 is 11.6 Å². The molecule has 1 aliphatic heterocycles. The first-order valence-electron chi connectivity index (χ1n) is 5.12. The lowest BCUT2D eigenvalue weighted by Gasteiger charge is -2.26. The molecule has 90 valence electrons. The van der Waals surface area contributed by atoms with E-state index in [9.17, 15) is 18.0 Å². The second-order valence-corrected chi connectivity index (χ2v) is 4.26. The Kier molecular flexibility index (Phi) is 1.80. The summed E-state index contributed by atoms with van der Waals surface area (Å²) in [6.45, 7) is 0. The number of carbonyl (C=O) groups excluding carboxylic acids is 1. The van der Waals surface area contributed by atoms with Crippen molar-refractivity contribution < 1.29 is 22.7 Å². The summed E-state index contributed by atoms with van der Waals surface area (Å²) in [4.78, 5) is 11.6. The number of hydrogen-bond donors (Lipinski definition) is 1. The van der Waals surface area contributed by atoms with Crippen LogP contribution in [0.3, 0.4) is 0 Å². The second kappa shape index (κ2) is 2.94. The van der Waals surface area contributed by atoms with Crippen LogP contribution in [-0.4, -0.2) is 11.5 Å². The van der Waals surface area contributed by atoms with Gasteiger partial charge in [-0.05, 0) is 18.2 Å².